The third-order valence-electron chi connectivity index (χ3n) is 5.32. The second kappa shape index (κ2) is 22.2. The molecular weight excluding hydrogens is 479 g/mol. The van der Waals surface area contributed by atoms with Crippen molar-refractivity contribution in [2.24, 2.45) is 0 Å². The van der Waals surface area contributed by atoms with E-state index in [4.69, 9.17) is 18.5 Å². The minimum Gasteiger partial charge on any atom is -0.457 e. The van der Waals surface area contributed by atoms with Crippen LogP contribution in [0.15, 0.2) is 0 Å². The Balaban J connectivity index is 4.16. The summed E-state index contributed by atoms with van der Waals surface area (Å²) < 4.78 is 31.8. The second-order valence-electron chi connectivity index (χ2n) is 8.68. The van der Waals surface area contributed by atoms with E-state index in [2.05, 4.69) is 13.8 Å². The van der Waals surface area contributed by atoms with Crippen molar-refractivity contribution in [3.8, 4) is 0 Å². The quantitative estimate of drug-likeness (QED) is 0.0936. The van der Waals surface area contributed by atoms with Crippen molar-refractivity contribution in [3.63, 3.8) is 0 Å². The van der Waals surface area contributed by atoms with Crippen LogP contribution < -0.4 is 0 Å². The van der Waals surface area contributed by atoms with Crippen molar-refractivity contribution in [1.29, 1.82) is 0 Å². The van der Waals surface area contributed by atoms with Crippen molar-refractivity contribution in [3.05, 3.63) is 0 Å². The standard InChI is InChI=1S/C24H47O10P/c1-3-5-7-9-10-11-12-14-16-24(28)34-22(18-26)20-32-35(29,30)31-19-21(17-25)33-23(27)15-13-8-6-4-2/h21-22,25-26H,3-20H2,1-2H3,(H,29,30). The number of phosphoric acid groups is 1. The maximum Gasteiger partial charge on any atom is 0.472 e. The van der Waals surface area contributed by atoms with E-state index >= 15 is 0 Å². The van der Waals surface area contributed by atoms with Gasteiger partial charge in [-0.2, -0.15) is 0 Å². The first-order valence-electron chi connectivity index (χ1n) is 13.0. The molecule has 0 fully saturated rings. The highest BCUT2D eigenvalue weighted by molar-refractivity contribution is 7.47. The molecular formula is C24H47O10P. The fourth-order valence-corrected chi connectivity index (χ4v) is 4.01. The average molecular weight is 527 g/mol. The molecule has 0 aromatic heterocycles. The molecule has 0 rings (SSSR count). The van der Waals surface area contributed by atoms with Crippen LogP contribution in [0.25, 0.3) is 0 Å². The maximum atomic E-state index is 12.1. The zero-order valence-corrected chi connectivity index (χ0v) is 22.4. The highest BCUT2D eigenvalue weighted by atomic mass is 31.2. The number of carbonyl (C=O) groups excluding carboxylic acids is 2. The summed E-state index contributed by atoms with van der Waals surface area (Å²) in [5.41, 5.74) is 0. The van der Waals surface area contributed by atoms with Crippen molar-refractivity contribution in [2.75, 3.05) is 26.4 Å². The van der Waals surface area contributed by atoms with Gasteiger partial charge in [0.25, 0.3) is 0 Å². The summed E-state index contributed by atoms with van der Waals surface area (Å²) in [6.45, 7) is 1.96. The Morgan fingerprint density at radius 2 is 1.00 bits per heavy atom. The van der Waals surface area contributed by atoms with Crippen LogP contribution in [-0.4, -0.2) is 65.7 Å². The minimum atomic E-state index is -4.59. The molecule has 0 aliphatic carbocycles. The van der Waals surface area contributed by atoms with Gasteiger partial charge in [0.15, 0.2) is 0 Å². The van der Waals surface area contributed by atoms with Crippen LogP contribution in [0, 0.1) is 0 Å². The molecule has 35 heavy (non-hydrogen) atoms. The molecule has 3 N–H and O–H groups in total. The Hall–Kier alpha value is -1.03. The van der Waals surface area contributed by atoms with Crippen LogP contribution in [0.4, 0.5) is 0 Å². The van der Waals surface area contributed by atoms with Gasteiger partial charge < -0.3 is 24.6 Å². The van der Waals surface area contributed by atoms with Gasteiger partial charge in [-0.25, -0.2) is 4.57 Å². The molecule has 0 aromatic rings. The highest BCUT2D eigenvalue weighted by Crippen LogP contribution is 2.43. The average Bonchev–Trinajstić information content (AvgIpc) is 2.83. The number of aliphatic hydroxyl groups excluding tert-OH is 2. The van der Waals surface area contributed by atoms with Crippen molar-refractivity contribution in [1.82, 2.24) is 0 Å². The number of phosphoric ester groups is 1. The molecule has 3 atom stereocenters. The van der Waals surface area contributed by atoms with Gasteiger partial charge in [-0.1, -0.05) is 78.1 Å². The molecule has 0 aliphatic rings. The summed E-state index contributed by atoms with van der Waals surface area (Å²) in [5.74, 6) is -1.04. The van der Waals surface area contributed by atoms with Crippen LogP contribution in [0.1, 0.15) is 104 Å². The van der Waals surface area contributed by atoms with E-state index in [9.17, 15) is 29.3 Å². The first kappa shape index (κ1) is 34.0. The summed E-state index contributed by atoms with van der Waals surface area (Å²) in [4.78, 5) is 33.6. The Kier molecular flexibility index (Phi) is 21.5. The second-order valence-corrected chi connectivity index (χ2v) is 10.1. The number of aliphatic hydroxyl groups is 2. The molecule has 208 valence electrons. The van der Waals surface area contributed by atoms with Gasteiger partial charge in [0.05, 0.1) is 26.4 Å². The molecule has 0 spiro atoms. The van der Waals surface area contributed by atoms with Crippen LogP contribution in [0.2, 0.25) is 0 Å². The number of esters is 2. The maximum absolute atomic E-state index is 12.1. The zero-order valence-electron chi connectivity index (χ0n) is 21.5. The topological polar surface area (TPSA) is 149 Å². The monoisotopic (exact) mass is 526 g/mol. The lowest BCUT2D eigenvalue weighted by Gasteiger charge is -2.20. The van der Waals surface area contributed by atoms with E-state index in [-0.39, 0.29) is 12.8 Å². The zero-order chi connectivity index (χ0) is 26.4. The van der Waals surface area contributed by atoms with E-state index in [0.717, 1.165) is 38.5 Å². The summed E-state index contributed by atoms with van der Waals surface area (Å²) in [5, 5.41) is 18.7. The fourth-order valence-electron chi connectivity index (χ4n) is 3.23. The summed E-state index contributed by atoms with van der Waals surface area (Å²) in [7, 11) is -4.59. The van der Waals surface area contributed by atoms with Crippen LogP contribution >= 0.6 is 7.82 Å². The number of rotatable bonds is 24. The lowest BCUT2D eigenvalue weighted by Crippen LogP contribution is -2.28. The summed E-state index contributed by atoms with van der Waals surface area (Å²) in [6, 6.07) is 0. The van der Waals surface area contributed by atoms with Gasteiger partial charge in [0.1, 0.15) is 12.2 Å². The first-order valence-corrected chi connectivity index (χ1v) is 14.5. The molecule has 0 saturated carbocycles. The summed E-state index contributed by atoms with van der Waals surface area (Å²) >= 11 is 0. The Bertz CT molecular complexity index is 587. The lowest BCUT2D eigenvalue weighted by molar-refractivity contribution is -0.153. The van der Waals surface area contributed by atoms with Gasteiger partial charge in [-0.05, 0) is 12.8 Å². The summed E-state index contributed by atoms with van der Waals surface area (Å²) in [6.07, 6.45) is 10.4. The van der Waals surface area contributed by atoms with Crippen LogP contribution in [-0.2, 0) is 32.7 Å². The van der Waals surface area contributed by atoms with E-state index < -0.39 is 58.4 Å². The van der Waals surface area contributed by atoms with Crippen LogP contribution in [0.3, 0.4) is 0 Å². The smallest absolute Gasteiger partial charge is 0.457 e. The van der Waals surface area contributed by atoms with Crippen molar-refractivity contribution < 1.29 is 47.8 Å². The van der Waals surface area contributed by atoms with E-state index in [1.54, 1.807) is 0 Å². The molecule has 0 heterocycles. The molecule has 0 saturated heterocycles. The van der Waals surface area contributed by atoms with Crippen molar-refractivity contribution >= 4 is 19.8 Å². The van der Waals surface area contributed by atoms with E-state index in [0.29, 0.717) is 12.8 Å². The molecule has 0 aliphatic heterocycles. The SMILES string of the molecule is CCCCCCCCCCC(=O)OC(CO)COP(=O)(O)OCC(CO)OC(=O)CCCCCC. The molecule has 11 heteroatoms. The van der Waals surface area contributed by atoms with Gasteiger partial charge in [0, 0.05) is 12.8 Å². The fraction of sp³-hybridized carbons (Fsp3) is 0.917. The Labute approximate surface area is 210 Å². The molecule has 10 nitrogen and oxygen atoms in total. The van der Waals surface area contributed by atoms with Gasteiger partial charge in [-0.15, -0.1) is 0 Å². The van der Waals surface area contributed by atoms with Crippen LogP contribution in [0.5, 0.6) is 0 Å². The highest BCUT2D eigenvalue weighted by Gasteiger charge is 2.27. The Morgan fingerprint density at radius 1 is 0.657 bits per heavy atom. The van der Waals surface area contributed by atoms with Gasteiger partial charge >= 0.3 is 19.8 Å². The number of ether oxygens (including phenoxy) is 2. The predicted octanol–water partition coefficient (Wildman–Crippen LogP) is 4.43. The molecule has 0 bridgehead atoms. The largest absolute Gasteiger partial charge is 0.472 e. The first-order chi connectivity index (χ1) is 16.8. The third-order valence-corrected chi connectivity index (χ3v) is 6.27. The lowest BCUT2D eigenvalue weighted by atomic mass is 10.1. The number of hydrogen-bond acceptors (Lipinski definition) is 9. The van der Waals surface area contributed by atoms with Crippen molar-refractivity contribution in [2.45, 2.75) is 116 Å². The van der Waals surface area contributed by atoms with Gasteiger partial charge in [0.2, 0.25) is 0 Å². The predicted molar refractivity (Wildman–Crippen MR) is 132 cm³/mol. The van der Waals surface area contributed by atoms with E-state index in [1.807, 2.05) is 0 Å². The molecule has 0 aromatic carbocycles. The van der Waals surface area contributed by atoms with E-state index in [1.165, 1.54) is 25.7 Å². The third kappa shape index (κ3) is 20.8. The Morgan fingerprint density at radius 3 is 1.37 bits per heavy atom. The van der Waals surface area contributed by atoms with Gasteiger partial charge in [-0.3, -0.25) is 18.6 Å². The minimum absolute atomic E-state index is 0.187. The molecule has 0 amide bonds. The molecule has 3 unspecified atom stereocenters. The number of carbonyl (C=O) groups is 2. The molecule has 0 radical (unpaired) electrons. The normalized spacial score (nSPS) is 14.8. The number of unbranched alkanes of at least 4 members (excludes halogenated alkanes) is 10. The number of hydrogen-bond donors (Lipinski definition) is 3.